The van der Waals surface area contributed by atoms with Gasteiger partial charge in [-0.2, -0.15) is 13.7 Å². The third-order valence-corrected chi connectivity index (χ3v) is 8.07. The number of phosphoric ester groups is 1. The van der Waals surface area contributed by atoms with E-state index in [9.17, 15) is 28.6 Å². The first kappa shape index (κ1) is 27.0. The maximum Gasteiger partial charge on any atom is 0.490 e. The van der Waals surface area contributed by atoms with Crippen molar-refractivity contribution in [2.75, 3.05) is 6.61 Å². The number of allylic oxidation sites excluding steroid dienone is 1. The molecule has 2 aliphatic heterocycles. The Morgan fingerprint density at radius 1 is 1.28 bits per heavy atom. The minimum Gasteiger partial charge on any atom is -0.390 e. The van der Waals surface area contributed by atoms with Crippen LogP contribution in [-0.4, -0.2) is 66.8 Å². The number of nitrogens with zero attached hydrogens (tertiary/aromatic N) is 3. The predicted molar refractivity (Wildman–Crippen MR) is 108 cm³/mol. The van der Waals surface area contributed by atoms with Gasteiger partial charge in [-0.05, 0) is 6.92 Å². The maximum atomic E-state index is 11.9. The van der Waals surface area contributed by atoms with Crippen molar-refractivity contribution >= 4 is 35.6 Å². The van der Waals surface area contributed by atoms with Crippen LogP contribution in [0.25, 0.3) is 0 Å². The van der Waals surface area contributed by atoms with Crippen molar-refractivity contribution in [2.45, 2.75) is 32.2 Å². The van der Waals surface area contributed by atoms with Crippen molar-refractivity contribution in [2.24, 2.45) is 21.7 Å². The predicted octanol–water partition coefficient (Wildman–Crippen LogP) is 0.128. The number of ether oxygens (including phenoxy) is 1. The third-order valence-electron chi connectivity index (χ3n) is 4.26. The summed E-state index contributed by atoms with van der Waals surface area (Å²) in [5, 5.41) is 15.8. The van der Waals surface area contributed by atoms with Crippen LogP contribution >= 0.6 is 23.5 Å². The monoisotopic (exact) mass is 520 g/mol. The maximum absolute atomic E-state index is 11.9. The number of aliphatic hydroxyl groups is 1. The average Bonchev–Trinajstić information content (AvgIpc) is 2.91. The number of amidine groups is 1. The van der Waals surface area contributed by atoms with E-state index >= 15 is 0 Å². The van der Waals surface area contributed by atoms with E-state index in [-0.39, 0.29) is 11.5 Å². The molecule has 6 unspecified atom stereocenters. The minimum atomic E-state index is -5.66. The highest BCUT2D eigenvalue weighted by Crippen LogP contribution is 2.66. The average molecular weight is 520 g/mol. The molecule has 6 atom stereocenters. The van der Waals surface area contributed by atoms with Crippen molar-refractivity contribution in [1.82, 2.24) is 5.01 Å². The Balaban J connectivity index is 2.04. The van der Waals surface area contributed by atoms with E-state index in [1.54, 1.807) is 19.9 Å². The molecule has 19 heteroatoms. The van der Waals surface area contributed by atoms with Crippen molar-refractivity contribution in [3.05, 3.63) is 24.0 Å². The summed E-state index contributed by atoms with van der Waals surface area (Å²) < 4.78 is 51.3. The molecule has 7 N–H and O–H groups in total. The van der Waals surface area contributed by atoms with Crippen LogP contribution < -0.4 is 5.73 Å². The van der Waals surface area contributed by atoms with Crippen LogP contribution in [0.5, 0.6) is 0 Å². The van der Waals surface area contributed by atoms with Crippen molar-refractivity contribution in [3.63, 3.8) is 0 Å². The fourth-order valence-corrected chi connectivity index (χ4v) is 5.93. The first-order valence-electron chi connectivity index (χ1n) is 8.70. The molecule has 2 heterocycles. The Morgan fingerprint density at radius 2 is 1.91 bits per heavy atom. The highest BCUT2D eigenvalue weighted by molar-refractivity contribution is 7.66. The van der Waals surface area contributed by atoms with Gasteiger partial charge in [-0.3, -0.25) is 4.52 Å². The Bertz CT molecular complexity index is 977. The Morgan fingerprint density at radius 3 is 2.47 bits per heavy atom. The van der Waals surface area contributed by atoms with E-state index in [0.29, 0.717) is 5.70 Å². The summed E-state index contributed by atoms with van der Waals surface area (Å²) in [5.41, 5.74) is 6.49. The number of aliphatic hydroxyl groups excluding tert-OH is 1. The van der Waals surface area contributed by atoms with Crippen molar-refractivity contribution < 1.29 is 56.3 Å². The molecule has 0 aromatic carbocycles. The van der Waals surface area contributed by atoms with E-state index in [1.165, 1.54) is 11.3 Å². The molecule has 1 saturated heterocycles. The van der Waals surface area contributed by atoms with Gasteiger partial charge < -0.3 is 35.2 Å². The zero-order valence-electron chi connectivity index (χ0n) is 16.7. The largest absolute Gasteiger partial charge is 0.490 e. The fourth-order valence-electron chi connectivity index (χ4n) is 2.90. The second-order valence-corrected chi connectivity index (χ2v) is 11.0. The molecule has 16 nitrogen and oxygen atoms in total. The molecule has 2 aliphatic rings. The van der Waals surface area contributed by atoms with Crippen LogP contribution in [0, 0.1) is 5.92 Å². The van der Waals surface area contributed by atoms with Gasteiger partial charge in [0.25, 0.3) is 0 Å². The number of aliphatic imine (C=N–C) groups is 1. The Labute approximate surface area is 182 Å². The lowest BCUT2D eigenvalue weighted by Gasteiger charge is -2.30. The molecule has 182 valence electrons. The molecule has 2 rings (SSSR count). The van der Waals surface area contributed by atoms with Gasteiger partial charge in [0.2, 0.25) is 0 Å². The highest BCUT2D eigenvalue weighted by Gasteiger charge is 2.46. The molecule has 0 aromatic rings. The first-order valence-corrected chi connectivity index (χ1v) is 13.2. The number of hydrazone groups is 1. The van der Waals surface area contributed by atoms with Gasteiger partial charge in [0, 0.05) is 5.92 Å². The number of nitrogens with two attached hydrogens (primary N) is 1. The van der Waals surface area contributed by atoms with Crippen LogP contribution in [0.3, 0.4) is 0 Å². The number of rotatable bonds is 9. The van der Waals surface area contributed by atoms with Gasteiger partial charge in [0.05, 0.1) is 18.4 Å². The summed E-state index contributed by atoms with van der Waals surface area (Å²) in [4.78, 5) is 39.7. The lowest BCUT2D eigenvalue weighted by molar-refractivity contribution is -0.0170. The number of phosphoric acid groups is 3. The van der Waals surface area contributed by atoms with Gasteiger partial charge in [-0.25, -0.2) is 23.7 Å². The molecule has 0 aliphatic carbocycles. The zero-order chi connectivity index (χ0) is 24.5. The normalized spacial score (nSPS) is 31.3. The van der Waals surface area contributed by atoms with E-state index < -0.39 is 54.3 Å². The molecule has 0 saturated carbocycles. The second-order valence-electron chi connectivity index (χ2n) is 6.55. The Hall–Kier alpha value is -1.25. The van der Waals surface area contributed by atoms with E-state index in [2.05, 4.69) is 29.8 Å². The van der Waals surface area contributed by atoms with Gasteiger partial charge >= 0.3 is 23.5 Å². The van der Waals surface area contributed by atoms with Gasteiger partial charge in [0.15, 0.2) is 5.84 Å². The van der Waals surface area contributed by atoms with Crippen LogP contribution in [0.1, 0.15) is 13.8 Å². The molecular weight excluding hydrogens is 497 g/mol. The second kappa shape index (κ2) is 9.94. The molecule has 0 spiro atoms. The minimum absolute atomic E-state index is 0.166. The zero-order valence-corrected chi connectivity index (χ0v) is 19.4. The van der Waals surface area contributed by atoms with E-state index in [4.69, 9.17) is 20.3 Å². The Kier molecular flexibility index (Phi) is 8.38. The summed E-state index contributed by atoms with van der Waals surface area (Å²) in [6.07, 6.45) is -0.486. The topological polar surface area (TPSA) is 243 Å². The molecule has 0 aromatic heterocycles. The molecule has 1 fully saturated rings. The van der Waals surface area contributed by atoms with Gasteiger partial charge in [-0.15, -0.1) is 0 Å². The molecule has 0 amide bonds. The number of hydrogen-bond donors (Lipinski definition) is 6. The van der Waals surface area contributed by atoms with Gasteiger partial charge in [-0.1, -0.05) is 19.6 Å². The van der Waals surface area contributed by atoms with Crippen molar-refractivity contribution in [3.8, 4) is 0 Å². The highest BCUT2D eigenvalue weighted by atomic mass is 31.3. The quantitative estimate of drug-likeness (QED) is 0.221. The first-order chi connectivity index (χ1) is 14.6. The summed E-state index contributed by atoms with van der Waals surface area (Å²) in [7, 11) is -16.5. The van der Waals surface area contributed by atoms with Crippen LogP contribution in [0.4, 0.5) is 0 Å². The molecule has 0 bridgehead atoms. The van der Waals surface area contributed by atoms with Crippen LogP contribution in [0.2, 0.25) is 0 Å². The van der Waals surface area contributed by atoms with Crippen LogP contribution in [-0.2, 0) is 31.6 Å². The van der Waals surface area contributed by atoms with E-state index in [0.717, 1.165) is 0 Å². The summed E-state index contributed by atoms with van der Waals surface area (Å²) in [6.45, 7) is 6.39. The summed E-state index contributed by atoms with van der Waals surface area (Å²) in [5.74, 6) is -0.440. The summed E-state index contributed by atoms with van der Waals surface area (Å²) in [6, 6.07) is 0. The molecule has 32 heavy (non-hydrogen) atoms. The summed E-state index contributed by atoms with van der Waals surface area (Å²) >= 11 is 0. The van der Waals surface area contributed by atoms with E-state index in [1.807, 2.05) is 0 Å². The smallest absolute Gasteiger partial charge is 0.390 e. The molecule has 0 radical (unpaired) electrons. The van der Waals surface area contributed by atoms with Crippen LogP contribution in [0.15, 0.2) is 34.1 Å². The standard InChI is InChI=1S/C13H23N4O12P3/c1-4-9-13(14)15-6-16-17(9)8(3)12-7(2)11(18)10(27-12)5-26-31(22,23)29-32(24,25)28-30(19,20)21/h4,6-7,10-12,18H,3,5H2,1-2H3,(H,22,23)(H,24,25)(H2,14,15,16)(H2,19,20,21). The molecular formula is C13H23N4O12P3. The van der Waals surface area contributed by atoms with Gasteiger partial charge in [0.1, 0.15) is 24.2 Å². The fraction of sp³-hybridized carbons (Fsp3) is 0.538. The number of hydrogen-bond acceptors (Lipinski definition) is 12. The SMILES string of the molecule is C=C(C1OC(COP(=O)(O)OP(=O)(O)OP(=O)(O)O)C(O)C1C)N1N=CN=C(N)C1=CC. The lowest BCUT2D eigenvalue weighted by Crippen LogP contribution is -2.36. The third kappa shape index (κ3) is 6.87. The lowest BCUT2D eigenvalue weighted by atomic mass is 9.96. The van der Waals surface area contributed by atoms with Crippen molar-refractivity contribution in [1.29, 1.82) is 0 Å².